The van der Waals surface area contributed by atoms with Gasteiger partial charge in [0, 0.05) is 25.0 Å². The van der Waals surface area contributed by atoms with Crippen molar-refractivity contribution in [2.75, 3.05) is 24.7 Å². The molecule has 0 aromatic rings. The Balaban J connectivity index is 2.08. The van der Waals surface area contributed by atoms with Crippen LogP contribution in [0.5, 0.6) is 0 Å². The summed E-state index contributed by atoms with van der Waals surface area (Å²) in [4.78, 5) is 2.19. The molecule has 0 aromatic heterocycles. The van der Waals surface area contributed by atoms with Crippen molar-refractivity contribution >= 4 is 21.4 Å². The van der Waals surface area contributed by atoms with E-state index in [9.17, 15) is 8.42 Å². The maximum atomic E-state index is 11.3. The molecule has 0 amide bonds. The predicted octanol–water partition coefficient (Wildman–Crippen LogP) is 0.0965. The lowest BCUT2D eigenvalue weighted by molar-refractivity contribution is 0.281. The highest BCUT2D eigenvalue weighted by Crippen LogP contribution is 2.32. The number of halogens is 1. The van der Waals surface area contributed by atoms with Crippen molar-refractivity contribution in [3.63, 3.8) is 0 Å². The van der Waals surface area contributed by atoms with E-state index in [0.29, 0.717) is 18.2 Å². The first-order valence-electron chi connectivity index (χ1n) is 4.15. The molecule has 2 atom stereocenters. The number of sulfone groups is 1. The van der Waals surface area contributed by atoms with Crippen molar-refractivity contribution in [2.24, 2.45) is 0 Å². The molecule has 0 spiro atoms. The maximum absolute atomic E-state index is 11.3. The number of alkyl halides is 1. The monoisotopic (exact) mass is 209 g/mol. The number of fused-ring (bicyclic) bond motifs is 2. The first-order valence-corrected chi connectivity index (χ1v) is 6.40. The quantitative estimate of drug-likeness (QED) is 0.606. The second-order valence-electron chi connectivity index (χ2n) is 3.52. The summed E-state index contributed by atoms with van der Waals surface area (Å²) in [5.74, 6) is 0.956. The molecular formula is C7H12ClNO2S. The van der Waals surface area contributed by atoms with Gasteiger partial charge in [-0.15, -0.1) is 11.6 Å². The Morgan fingerprint density at radius 1 is 1.50 bits per heavy atom. The number of likely N-dealkylation sites (tertiary alicyclic amines) is 1. The molecule has 2 fully saturated rings. The molecule has 3 nitrogen and oxygen atoms in total. The zero-order valence-corrected chi connectivity index (χ0v) is 8.31. The number of nitrogens with zero attached hydrogens (tertiary/aromatic N) is 1. The van der Waals surface area contributed by atoms with Crippen LogP contribution in [0, 0.1) is 0 Å². The molecule has 2 aliphatic rings. The minimum atomic E-state index is -2.72. The van der Waals surface area contributed by atoms with E-state index in [1.54, 1.807) is 0 Å². The minimum absolute atomic E-state index is 0.0919. The summed E-state index contributed by atoms with van der Waals surface area (Å²) in [6.45, 7) is 1.54. The van der Waals surface area contributed by atoms with Gasteiger partial charge in [0.05, 0.1) is 11.0 Å². The van der Waals surface area contributed by atoms with E-state index in [1.165, 1.54) is 0 Å². The SMILES string of the molecule is O=S1(=O)C[C@H]2C[C@H]1CN2CCCl. The lowest BCUT2D eigenvalue weighted by Gasteiger charge is -2.25. The van der Waals surface area contributed by atoms with Crippen molar-refractivity contribution in [1.82, 2.24) is 4.90 Å². The van der Waals surface area contributed by atoms with Crippen LogP contribution in [0.4, 0.5) is 0 Å². The van der Waals surface area contributed by atoms with E-state index in [-0.39, 0.29) is 11.3 Å². The van der Waals surface area contributed by atoms with Crippen LogP contribution in [0.1, 0.15) is 6.42 Å². The fourth-order valence-corrected chi connectivity index (χ4v) is 4.46. The molecule has 2 rings (SSSR count). The molecule has 70 valence electrons. The van der Waals surface area contributed by atoms with E-state index in [4.69, 9.17) is 11.6 Å². The van der Waals surface area contributed by atoms with Crippen molar-refractivity contribution in [3.8, 4) is 0 Å². The molecular weight excluding hydrogens is 198 g/mol. The Morgan fingerprint density at radius 2 is 2.25 bits per heavy atom. The summed E-state index contributed by atoms with van der Waals surface area (Å²) in [6, 6.07) is 0.263. The lowest BCUT2D eigenvalue weighted by atomic mass is 10.2. The first kappa shape index (κ1) is 8.78. The molecule has 0 aliphatic carbocycles. The molecule has 2 aliphatic heterocycles. The van der Waals surface area contributed by atoms with Gasteiger partial charge in [0.1, 0.15) is 0 Å². The van der Waals surface area contributed by atoms with Crippen LogP contribution in [0.3, 0.4) is 0 Å². The second-order valence-corrected chi connectivity index (χ2v) is 6.23. The van der Waals surface area contributed by atoms with Gasteiger partial charge in [0.25, 0.3) is 0 Å². The molecule has 0 aromatic carbocycles. The summed E-state index contributed by atoms with van der Waals surface area (Å²) >= 11 is 5.60. The summed E-state index contributed by atoms with van der Waals surface area (Å²) in [6.07, 6.45) is 0.833. The Labute approximate surface area is 77.6 Å². The second kappa shape index (κ2) is 2.86. The van der Waals surface area contributed by atoms with Crippen LogP contribution in [-0.2, 0) is 9.84 Å². The lowest BCUT2D eigenvalue weighted by Crippen LogP contribution is -2.41. The van der Waals surface area contributed by atoms with E-state index in [0.717, 1.165) is 13.0 Å². The molecule has 2 bridgehead atoms. The van der Waals surface area contributed by atoms with Gasteiger partial charge in [-0.05, 0) is 6.42 Å². The molecule has 0 saturated carbocycles. The Kier molecular flexibility index (Phi) is 2.09. The summed E-state index contributed by atoms with van der Waals surface area (Å²) in [5, 5.41) is -0.0919. The predicted molar refractivity (Wildman–Crippen MR) is 48.3 cm³/mol. The van der Waals surface area contributed by atoms with Gasteiger partial charge < -0.3 is 0 Å². The Morgan fingerprint density at radius 3 is 2.67 bits per heavy atom. The van der Waals surface area contributed by atoms with Gasteiger partial charge in [-0.25, -0.2) is 8.42 Å². The number of hydrogen-bond acceptors (Lipinski definition) is 3. The van der Waals surface area contributed by atoms with Gasteiger partial charge in [0.2, 0.25) is 0 Å². The summed E-state index contributed by atoms with van der Waals surface area (Å²) in [5.41, 5.74) is 0. The van der Waals surface area contributed by atoms with Gasteiger partial charge in [-0.3, -0.25) is 4.90 Å². The third-order valence-corrected chi connectivity index (χ3v) is 5.17. The minimum Gasteiger partial charge on any atom is -0.297 e. The van der Waals surface area contributed by atoms with Crippen LogP contribution >= 0.6 is 11.6 Å². The summed E-state index contributed by atoms with van der Waals surface area (Å²) in [7, 11) is -2.72. The maximum Gasteiger partial charge on any atom is 0.156 e. The third kappa shape index (κ3) is 1.26. The molecule has 5 heteroatoms. The highest BCUT2D eigenvalue weighted by molar-refractivity contribution is 7.92. The fraction of sp³-hybridized carbons (Fsp3) is 1.00. The topological polar surface area (TPSA) is 37.4 Å². The average molecular weight is 210 g/mol. The molecule has 12 heavy (non-hydrogen) atoms. The molecule has 2 saturated heterocycles. The van der Waals surface area contributed by atoms with E-state index in [2.05, 4.69) is 4.90 Å². The fourth-order valence-electron chi connectivity index (χ4n) is 2.16. The average Bonchev–Trinajstić information content (AvgIpc) is 2.44. The zero-order chi connectivity index (χ0) is 8.77. The van der Waals surface area contributed by atoms with Crippen molar-refractivity contribution < 1.29 is 8.42 Å². The smallest absolute Gasteiger partial charge is 0.156 e. The van der Waals surface area contributed by atoms with Crippen LogP contribution in [-0.4, -0.2) is 49.3 Å². The van der Waals surface area contributed by atoms with Gasteiger partial charge in [0.15, 0.2) is 9.84 Å². The zero-order valence-electron chi connectivity index (χ0n) is 6.74. The van der Waals surface area contributed by atoms with Gasteiger partial charge in [-0.2, -0.15) is 0 Å². The van der Waals surface area contributed by atoms with Crippen molar-refractivity contribution in [1.29, 1.82) is 0 Å². The van der Waals surface area contributed by atoms with Gasteiger partial charge in [-0.1, -0.05) is 0 Å². The van der Waals surface area contributed by atoms with E-state index < -0.39 is 9.84 Å². The van der Waals surface area contributed by atoms with Crippen molar-refractivity contribution in [3.05, 3.63) is 0 Å². The molecule has 2 heterocycles. The standard InChI is InChI=1S/C7H12ClNO2S/c8-1-2-9-4-7-3-6(9)5-12(7,10)11/h6-7H,1-5H2/t6-,7+/m1/s1. The highest BCUT2D eigenvalue weighted by atomic mass is 35.5. The van der Waals surface area contributed by atoms with Crippen LogP contribution in [0.25, 0.3) is 0 Å². The Bertz CT molecular complexity index is 277. The van der Waals surface area contributed by atoms with E-state index >= 15 is 0 Å². The highest BCUT2D eigenvalue weighted by Gasteiger charge is 2.47. The first-order chi connectivity index (χ1) is 5.63. The van der Waals surface area contributed by atoms with Crippen LogP contribution < -0.4 is 0 Å². The van der Waals surface area contributed by atoms with Crippen molar-refractivity contribution in [2.45, 2.75) is 17.7 Å². The normalized spacial score (nSPS) is 39.1. The summed E-state index contributed by atoms with van der Waals surface area (Å²) < 4.78 is 22.6. The van der Waals surface area contributed by atoms with Crippen LogP contribution in [0.15, 0.2) is 0 Å². The molecule has 0 N–H and O–H groups in total. The van der Waals surface area contributed by atoms with Gasteiger partial charge >= 0.3 is 0 Å². The van der Waals surface area contributed by atoms with Crippen LogP contribution in [0.2, 0.25) is 0 Å². The third-order valence-electron chi connectivity index (χ3n) is 2.79. The number of hydrogen-bond donors (Lipinski definition) is 0. The number of rotatable bonds is 2. The van der Waals surface area contributed by atoms with E-state index in [1.807, 2.05) is 0 Å². The largest absolute Gasteiger partial charge is 0.297 e. The molecule has 0 radical (unpaired) electrons. The Hall–Kier alpha value is 0.200. The molecule has 0 unspecified atom stereocenters.